The standard InChI is InChI=1S/C13H17ClN2O2/c1-8-6-12(16(17)18)10(14)7-11(8)15-9(2)13(3)4-5-13/h6-7,9,15H,4-5H2,1-3H3. The largest absolute Gasteiger partial charge is 0.382 e. The van der Waals surface area contributed by atoms with Crippen molar-refractivity contribution in [2.45, 2.75) is 39.7 Å². The van der Waals surface area contributed by atoms with Crippen LogP contribution in [-0.2, 0) is 0 Å². The lowest BCUT2D eigenvalue weighted by Gasteiger charge is -2.22. The second-order valence-electron chi connectivity index (χ2n) is 5.40. The van der Waals surface area contributed by atoms with E-state index in [0.717, 1.165) is 11.3 Å². The summed E-state index contributed by atoms with van der Waals surface area (Å²) in [6, 6.07) is 3.51. The molecular formula is C13H17ClN2O2. The minimum atomic E-state index is -0.454. The number of aryl methyl sites for hydroxylation is 1. The number of anilines is 1. The van der Waals surface area contributed by atoms with E-state index in [1.165, 1.54) is 18.9 Å². The van der Waals surface area contributed by atoms with E-state index in [-0.39, 0.29) is 10.7 Å². The van der Waals surface area contributed by atoms with E-state index >= 15 is 0 Å². The molecule has 1 aliphatic rings. The van der Waals surface area contributed by atoms with Gasteiger partial charge in [0.25, 0.3) is 5.69 Å². The van der Waals surface area contributed by atoms with Crippen molar-refractivity contribution in [2.24, 2.45) is 5.41 Å². The van der Waals surface area contributed by atoms with Crippen molar-refractivity contribution < 1.29 is 4.92 Å². The average molecular weight is 269 g/mol. The van der Waals surface area contributed by atoms with E-state index in [1.54, 1.807) is 6.07 Å². The van der Waals surface area contributed by atoms with Gasteiger partial charge in [0.15, 0.2) is 0 Å². The molecule has 1 N–H and O–H groups in total. The molecule has 0 aromatic heterocycles. The summed E-state index contributed by atoms with van der Waals surface area (Å²) in [5.41, 5.74) is 2.04. The Kier molecular flexibility index (Phi) is 3.23. The summed E-state index contributed by atoms with van der Waals surface area (Å²) < 4.78 is 0. The Morgan fingerprint density at radius 3 is 2.61 bits per heavy atom. The summed E-state index contributed by atoms with van der Waals surface area (Å²) >= 11 is 5.93. The number of nitro groups is 1. The highest BCUT2D eigenvalue weighted by Gasteiger charge is 2.42. The third kappa shape index (κ3) is 2.43. The lowest BCUT2D eigenvalue weighted by atomic mass is 10.00. The maximum atomic E-state index is 10.8. The summed E-state index contributed by atoms with van der Waals surface area (Å²) in [5, 5.41) is 14.4. The third-order valence-electron chi connectivity index (χ3n) is 3.95. The van der Waals surface area contributed by atoms with Crippen LogP contribution >= 0.6 is 11.6 Å². The second kappa shape index (κ2) is 4.43. The minimum absolute atomic E-state index is 0.0370. The van der Waals surface area contributed by atoms with Gasteiger partial charge in [-0.3, -0.25) is 10.1 Å². The highest BCUT2D eigenvalue weighted by atomic mass is 35.5. The van der Waals surface area contributed by atoms with Gasteiger partial charge in [0.05, 0.1) is 4.92 Å². The van der Waals surface area contributed by atoms with Crippen LogP contribution < -0.4 is 5.32 Å². The van der Waals surface area contributed by atoms with Crippen LogP contribution in [0.5, 0.6) is 0 Å². The van der Waals surface area contributed by atoms with Crippen molar-refractivity contribution in [1.82, 2.24) is 0 Å². The van der Waals surface area contributed by atoms with Crippen molar-refractivity contribution >= 4 is 23.0 Å². The zero-order valence-electron chi connectivity index (χ0n) is 10.8. The topological polar surface area (TPSA) is 55.2 Å². The number of nitro benzene ring substituents is 1. The van der Waals surface area contributed by atoms with Crippen LogP contribution in [0.3, 0.4) is 0 Å². The maximum Gasteiger partial charge on any atom is 0.288 e. The van der Waals surface area contributed by atoms with Crippen LogP contribution in [0.25, 0.3) is 0 Å². The highest BCUT2D eigenvalue weighted by molar-refractivity contribution is 6.33. The van der Waals surface area contributed by atoms with Crippen LogP contribution in [0.4, 0.5) is 11.4 Å². The fraction of sp³-hybridized carbons (Fsp3) is 0.538. The SMILES string of the molecule is Cc1cc([N+](=O)[O-])c(Cl)cc1NC(C)C1(C)CC1. The molecule has 1 unspecified atom stereocenters. The third-order valence-corrected chi connectivity index (χ3v) is 4.25. The summed E-state index contributed by atoms with van der Waals surface area (Å²) in [4.78, 5) is 10.3. The fourth-order valence-corrected chi connectivity index (χ4v) is 2.23. The Morgan fingerprint density at radius 1 is 1.50 bits per heavy atom. The first-order valence-electron chi connectivity index (χ1n) is 6.04. The number of nitrogens with one attached hydrogen (secondary N) is 1. The first-order valence-corrected chi connectivity index (χ1v) is 6.42. The molecule has 1 saturated carbocycles. The highest BCUT2D eigenvalue weighted by Crippen LogP contribution is 2.49. The van der Waals surface area contributed by atoms with Gasteiger partial charge in [-0.15, -0.1) is 0 Å². The fourth-order valence-electron chi connectivity index (χ4n) is 2.00. The lowest BCUT2D eigenvalue weighted by molar-refractivity contribution is -0.384. The first-order chi connectivity index (χ1) is 8.33. The number of halogens is 1. The number of rotatable bonds is 4. The molecule has 0 saturated heterocycles. The predicted molar refractivity (Wildman–Crippen MR) is 73.3 cm³/mol. The molecule has 1 aliphatic carbocycles. The van der Waals surface area contributed by atoms with Gasteiger partial charge in [0, 0.05) is 17.8 Å². The molecule has 4 nitrogen and oxygen atoms in total. The zero-order valence-corrected chi connectivity index (χ0v) is 11.5. The van der Waals surface area contributed by atoms with Gasteiger partial charge in [-0.2, -0.15) is 0 Å². The minimum Gasteiger partial charge on any atom is -0.382 e. The quantitative estimate of drug-likeness (QED) is 0.659. The van der Waals surface area contributed by atoms with Crippen LogP contribution in [-0.4, -0.2) is 11.0 Å². The van der Waals surface area contributed by atoms with E-state index in [2.05, 4.69) is 19.2 Å². The maximum absolute atomic E-state index is 10.8. The van der Waals surface area contributed by atoms with Crippen molar-refractivity contribution in [3.63, 3.8) is 0 Å². The molecule has 0 bridgehead atoms. The Labute approximate surface area is 111 Å². The van der Waals surface area contributed by atoms with Crippen LogP contribution in [0.1, 0.15) is 32.3 Å². The van der Waals surface area contributed by atoms with Gasteiger partial charge in [0.1, 0.15) is 5.02 Å². The summed E-state index contributed by atoms with van der Waals surface area (Å²) in [6.07, 6.45) is 2.45. The van der Waals surface area contributed by atoms with E-state index < -0.39 is 4.92 Å². The number of hydrogen-bond acceptors (Lipinski definition) is 3. The van der Waals surface area contributed by atoms with Gasteiger partial charge >= 0.3 is 0 Å². The summed E-state index contributed by atoms with van der Waals surface area (Å²) in [6.45, 7) is 6.24. The van der Waals surface area contributed by atoms with E-state index in [4.69, 9.17) is 11.6 Å². The molecule has 1 aromatic rings. The molecular weight excluding hydrogens is 252 g/mol. The zero-order chi connectivity index (χ0) is 13.5. The summed E-state index contributed by atoms with van der Waals surface area (Å²) in [5.74, 6) is 0. The Bertz CT molecular complexity index is 498. The lowest BCUT2D eigenvalue weighted by Crippen LogP contribution is -2.25. The van der Waals surface area contributed by atoms with Gasteiger partial charge in [-0.25, -0.2) is 0 Å². The summed E-state index contributed by atoms with van der Waals surface area (Å²) in [7, 11) is 0. The predicted octanol–water partition coefficient (Wildman–Crippen LogP) is 4.16. The van der Waals surface area contributed by atoms with Crippen molar-refractivity contribution in [3.8, 4) is 0 Å². The molecule has 2 rings (SSSR count). The molecule has 98 valence electrons. The molecule has 18 heavy (non-hydrogen) atoms. The van der Waals surface area contributed by atoms with E-state index in [1.807, 2.05) is 6.92 Å². The van der Waals surface area contributed by atoms with E-state index in [9.17, 15) is 10.1 Å². The molecule has 0 amide bonds. The van der Waals surface area contributed by atoms with Crippen molar-refractivity contribution in [2.75, 3.05) is 5.32 Å². The molecule has 1 aromatic carbocycles. The van der Waals surface area contributed by atoms with Crippen molar-refractivity contribution in [3.05, 3.63) is 32.8 Å². The number of nitrogens with zero attached hydrogens (tertiary/aromatic N) is 1. The Hall–Kier alpha value is -1.29. The average Bonchev–Trinajstić information content (AvgIpc) is 3.02. The molecule has 1 atom stereocenters. The van der Waals surface area contributed by atoms with Crippen LogP contribution in [0.2, 0.25) is 5.02 Å². The monoisotopic (exact) mass is 268 g/mol. The Morgan fingerprint density at radius 2 is 2.11 bits per heavy atom. The van der Waals surface area contributed by atoms with Gasteiger partial charge in [0.2, 0.25) is 0 Å². The molecule has 5 heteroatoms. The second-order valence-corrected chi connectivity index (χ2v) is 5.80. The smallest absolute Gasteiger partial charge is 0.288 e. The normalized spacial score (nSPS) is 18.2. The van der Waals surface area contributed by atoms with Crippen LogP contribution in [0, 0.1) is 22.5 Å². The molecule has 0 aliphatic heterocycles. The van der Waals surface area contributed by atoms with Crippen molar-refractivity contribution in [1.29, 1.82) is 0 Å². The number of hydrogen-bond donors (Lipinski definition) is 1. The molecule has 0 spiro atoms. The van der Waals surface area contributed by atoms with E-state index in [0.29, 0.717) is 11.5 Å². The first kappa shape index (κ1) is 13.1. The molecule has 1 fully saturated rings. The molecule has 0 radical (unpaired) electrons. The van der Waals surface area contributed by atoms with Gasteiger partial charge in [-0.1, -0.05) is 18.5 Å². The van der Waals surface area contributed by atoms with Gasteiger partial charge < -0.3 is 5.32 Å². The molecule has 0 heterocycles. The van der Waals surface area contributed by atoms with Crippen LogP contribution in [0.15, 0.2) is 12.1 Å². The number of benzene rings is 1. The van der Waals surface area contributed by atoms with Gasteiger partial charge in [-0.05, 0) is 43.7 Å². The Balaban J connectivity index is 2.24.